The molecule has 1 saturated heterocycles. The van der Waals surface area contributed by atoms with Crippen LogP contribution in [0.15, 0.2) is 84.9 Å². The largest absolute Gasteiger partial charge is 0.491 e. The molecule has 2 aliphatic rings. The van der Waals surface area contributed by atoms with Crippen LogP contribution in [-0.4, -0.2) is 18.0 Å². The second-order valence-electron chi connectivity index (χ2n) is 8.56. The Morgan fingerprint density at radius 3 is 1.61 bits per heavy atom. The van der Waals surface area contributed by atoms with Gasteiger partial charge in [0.15, 0.2) is 0 Å². The van der Waals surface area contributed by atoms with Crippen molar-refractivity contribution >= 4 is 5.97 Å². The number of carbonyl (C=O) groups excluding carboxylic acids is 1. The molecular weight excluding hydrogens is 429 g/mol. The predicted molar refractivity (Wildman–Crippen MR) is 117 cm³/mol. The first-order valence-electron chi connectivity index (χ1n) is 10.9. The minimum absolute atomic E-state index is 0.404. The zero-order valence-electron chi connectivity index (χ0n) is 17.7. The summed E-state index contributed by atoms with van der Waals surface area (Å²) >= 11 is 0. The zero-order valence-corrected chi connectivity index (χ0v) is 17.7. The highest BCUT2D eigenvalue weighted by Crippen LogP contribution is 2.44. The van der Waals surface area contributed by atoms with Crippen LogP contribution in [0.2, 0.25) is 0 Å². The van der Waals surface area contributed by atoms with Crippen molar-refractivity contribution in [3.8, 4) is 0 Å². The Kier molecular flexibility index (Phi) is 5.46. The van der Waals surface area contributed by atoms with Gasteiger partial charge in [-0.3, -0.25) is 10.6 Å². The van der Waals surface area contributed by atoms with Crippen LogP contribution in [0.4, 0.5) is 13.2 Å². The van der Waals surface area contributed by atoms with Crippen LogP contribution < -0.4 is 10.6 Å². The molecule has 1 aliphatic heterocycles. The number of halogens is 3. The maximum absolute atomic E-state index is 13.3. The van der Waals surface area contributed by atoms with E-state index < -0.39 is 36.0 Å². The van der Waals surface area contributed by atoms with Gasteiger partial charge >= 0.3 is 12.1 Å². The van der Waals surface area contributed by atoms with Gasteiger partial charge in [-0.25, -0.2) is 4.79 Å². The second kappa shape index (κ2) is 8.32. The van der Waals surface area contributed by atoms with Crippen LogP contribution in [0.25, 0.3) is 0 Å². The molecule has 0 aromatic heterocycles. The minimum atomic E-state index is -5.10. The van der Waals surface area contributed by atoms with Crippen molar-refractivity contribution in [2.24, 2.45) is 5.92 Å². The monoisotopic (exact) mass is 452 g/mol. The van der Waals surface area contributed by atoms with Gasteiger partial charge in [0.1, 0.15) is 0 Å². The van der Waals surface area contributed by atoms with Crippen LogP contribution in [0, 0.1) is 5.92 Å². The third-order valence-corrected chi connectivity index (χ3v) is 6.50. The lowest BCUT2D eigenvalue weighted by Gasteiger charge is -2.36. The molecule has 2 N–H and O–H groups in total. The second-order valence-corrected chi connectivity index (χ2v) is 8.56. The average molecular weight is 452 g/mol. The fourth-order valence-corrected chi connectivity index (χ4v) is 4.97. The van der Waals surface area contributed by atoms with Gasteiger partial charge in [-0.15, -0.1) is 0 Å². The first kappa shape index (κ1) is 21.7. The fraction of sp³-hybridized carbons (Fsp3) is 0.269. The summed E-state index contributed by atoms with van der Waals surface area (Å²) in [5.41, 5.74) is 3.87. The van der Waals surface area contributed by atoms with Gasteiger partial charge in [0.2, 0.25) is 5.85 Å². The predicted octanol–water partition coefficient (Wildman–Crippen LogP) is 4.84. The summed E-state index contributed by atoms with van der Waals surface area (Å²) < 4.78 is 45.3. The Morgan fingerprint density at radius 1 is 0.758 bits per heavy atom. The smallest absolute Gasteiger partial charge is 0.423 e. The molecular formula is C26H23F3N2O2. The summed E-state index contributed by atoms with van der Waals surface area (Å²) in [6.07, 6.45) is -4.12. The van der Waals surface area contributed by atoms with Crippen molar-refractivity contribution in [1.29, 1.82) is 0 Å². The Hall–Kier alpha value is -3.16. The summed E-state index contributed by atoms with van der Waals surface area (Å²) in [6.45, 7) is 0. The van der Waals surface area contributed by atoms with Gasteiger partial charge in [0.05, 0.1) is 12.1 Å². The quantitative estimate of drug-likeness (QED) is 0.557. The molecule has 5 rings (SSSR count). The number of alkyl halides is 3. The lowest BCUT2D eigenvalue weighted by molar-refractivity contribution is -0.224. The van der Waals surface area contributed by atoms with Crippen molar-refractivity contribution in [3.63, 3.8) is 0 Å². The molecule has 1 fully saturated rings. The third-order valence-electron chi connectivity index (χ3n) is 6.50. The molecule has 170 valence electrons. The summed E-state index contributed by atoms with van der Waals surface area (Å²) in [7, 11) is 0. The van der Waals surface area contributed by atoms with E-state index in [1.807, 2.05) is 84.9 Å². The highest BCUT2D eigenvalue weighted by Gasteiger charge is 2.57. The highest BCUT2D eigenvalue weighted by atomic mass is 19.4. The molecule has 0 saturated carbocycles. The van der Waals surface area contributed by atoms with Crippen LogP contribution in [0.1, 0.15) is 34.3 Å². The fourth-order valence-electron chi connectivity index (χ4n) is 4.97. The molecule has 0 radical (unpaired) electrons. The van der Waals surface area contributed by atoms with E-state index in [-0.39, 0.29) is 0 Å². The van der Waals surface area contributed by atoms with Crippen molar-refractivity contribution in [1.82, 2.24) is 10.6 Å². The maximum atomic E-state index is 13.3. The van der Waals surface area contributed by atoms with Crippen LogP contribution in [0.3, 0.4) is 0 Å². The molecule has 3 aromatic carbocycles. The first-order valence-corrected chi connectivity index (χ1v) is 10.9. The van der Waals surface area contributed by atoms with Gasteiger partial charge in [-0.05, 0) is 35.1 Å². The normalized spacial score (nSPS) is 25.1. The molecule has 1 heterocycles. The number of rotatable bonds is 4. The van der Waals surface area contributed by atoms with Crippen molar-refractivity contribution < 1.29 is 22.7 Å². The summed E-state index contributed by atoms with van der Waals surface area (Å²) in [4.78, 5) is 12.1. The summed E-state index contributed by atoms with van der Waals surface area (Å²) in [5.74, 6) is -4.31. The number of fused-ring (bicyclic) bond motifs is 1. The van der Waals surface area contributed by atoms with Gasteiger partial charge in [0, 0.05) is 5.92 Å². The number of ether oxygens (including phenoxy) is 1. The molecule has 0 amide bonds. The number of benzene rings is 3. The molecule has 33 heavy (non-hydrogen) atoms. The average Bonchev–Trinajstić information content (AvgIpc) is 3.43. The lowest BCUT2D eigenvalue weighted by Crippen LogP contribution is -2.60. The van der Waals surface area contributed by atoms with Crippen molar-refractivity contribution in [2.75, 3.05) is 0 Å². The van der Waals surface area contributed by atoms with Gasteiger partial charge in [0.25, 0.3) is 0 Å². The minimum Gasteiger partial charge on any atom is -0.423 e. The van der Waals surface area contributed by atoms with Crippen LogP contribution >= 0.6 is 0 Å². The highest BCUT2D eigenvalue weighted by molar-refractivity contribution is 5.76. The molecule has 2 atom stereocenters. The molecule has 2 unspecified atom stereocenters. The first-order chi connectivity index (χ1) is 15.9. The Balaban J connectivity index is 1.57. The van der Waals surface area contributed by atoms with E-state index in [4.69, 9.17) is 4.74 Å². The van der Waals surface area contributed by atoms with Gasteiger partial charge in [-0.1, -0.05) is 84.9 Å². The number of hydrogen-bond donors (Lipinski definition) is 2. The number of esters is 1. The number of hydrogen-bond acceptors (Lipinski definition) is 4. The standard InChI is InChI=1S/C26H23F3N2O2/c27-25(28,29)24(32)33-26(21-15-19-13-7-8-14-20(19)16-21)30-22(17-9-3-1-4-10-17)23(31-26)18-11-5-2-6-12-18/h1-14,21-23,30-31H,15-16H2. The summed E-state index contributed by atoms with van der Waals surface area (Å²) in [6, 6.07) is 25.9. The number of carbonyl (C=O) groups is 1. The molecule has 0 spiro atoms. The molecule has 3 aromatic rings. The SMILES string of the molecule is O=C(OC1(C2Cc3ccccc3C2)NC(c2ccccc2)C(c2ccccc2)N1)C(F)(F)F. The zero-order chi connectivity index (χ0) is 23.1. The van der Waals surface area contributed by atoms with E-state index in [0.717, 1.165) is 22.3 Å². The molecule has 4 nitrogen and oxygen atoms in total. The van der Waals surface area contributed by atoms with E-state index in [2.05, 4.69) is 10.6 Å². The topological polar surface area (TPSA) is 50.4 Å². The Labute approximate surface area is 189 Å². The molecule has 1 aliphatic carbocycles. The van der Waals surface area contributed by atoms with E-state index >= 15 is 0 Å². The van der Waals surface area contributed by atoms with E-state index in [0.29, 0.717) is 12.8 Å². The maximum Gasteiger partial charge on any atom is 0.491 e. The summed E-state index contributed by atoms with van der Waals surface area (Å²) in [5, 5.41) is 6.59. The van der Waals surface area contributed by atoms with E-state index in [1.165, 1.54) is 0 Å². The van der Waals surface area contributed by atoms with E-state index in [1.54, 1.807) is 0 Å². The van der Waals surface area contributed by atoms with Gasteiger partial charge in [-0.2, -0.15) is 13.2 Å². The van der Waals surface area contributed by atoms with Crippen molar-refractivity contribution in [3.05, 3.63) is 107 Å². The molecule has 7 heteroatoms. The number of nitrogens with one attached hydrogen (secondary N) is 2. The molecule has 0 bridgehead atoms. The Morgan fingerprint density at radius 2 is 1.18 bits per heavy atom. The van der Waals surface area contributed by atoms with Crippen molar-refractivity contribution in [2.45, 2.75) is 37.0 Å². The van der Waals surface area contributed by atoms with Crippen LogP contribution in [-0.2, 0) is 22.4 Å². The van der Waals surface area contributed by atoms with Crippen LogP contribution in [0.5, 0.6) is 0 Å². The van der Waals surface area contributed by atoms with E-state index in [9.17, 15) is 18.0 Å². The Bertz CT molecular complexity index is 1060. The third kappa shape index (κ3) is 4.14. The van der Waals surface area contributed by atoms with Gasteiger partial charge < -0.3 is 4.74 Å². The lowest BCUT2D eigenvalue weighted by atomic mass is 9.95.